The zero-order valence-electron chi connectivity index (χ0n) is 7.43. The second-order valence-corrected chi connectivity index (χ2v) is 2.61. The van der Waals surface area contributed by atoms with E-state index in [4.69, 9.17) is 5.73 Å². The van der Waals surface area contributed by atoms with Gasteiger partial charge in [-0.1, -0.05) is 0 Å². The van der Waals surface area contributed by atoms with Gasteiger partial charge in [-0.25, -0.2) is 0 Å². The van der Waals surface area contributed by atoms with Crippen LogP contribution in [-0.2, 0) is 11.8 Å². The van der Waals surface area contributed by atoms with Crippen LogP contribution in [0, 0.1) is 10.1 Å². The molecule has 1 heterocycles. The van der Waals surface area contributed by atoms with Crippen LogP contribution in [0.1, 0.15) is 0 Å². The van der Waals surface area contributed by atoms with Gasteiger partial charge in [-0.15, -0.1) is 5.10 Å². The fourth-order valence-electron chi connectivity index (χ4n) is 0.906. The number of carbonyl (C=O) groups is 1. The van der Waals surface area contributed by atoms with Crippen LogP contribution in [0.3, 0.4) is 0 Å². The topological polar surface area (TPSA) is 116 Å². The highest BCUT2D eigenvalue weighted by Gasteiger charge is 2.18. The highest BCUT2D eigenvalue weighted by atomic mass is 16.6. The number of anilines is 1. The first kappa shape index (κ1) is 9.96. The summed E-state index contributed by atoms with van der Waals surface area (Å²) in [6.45, 7) is -0.183. The number of amides is 1. The Bertz CT molecular complexity index is 372. The molecule has 0 aliphatic rings. The summed E-state index contributed by atoms with van der Waals surface area (Å²) in [4.78, 5) is 20.3. The first-order chi connectivity index (χ1) is 6.50. The average molecular weight is 199 g/mol. The Labute approximate surface area is 78.8 Å². The van der Waals surface area contributed by atoms with Crippen LogP contribution in [0.15, 0.2) is 6.20 Å². The number of hydrogen-bond acceptors (Lipinski definition) is 5. The maximum Gasteiger partial charge on any atom is 0.330 e. The van der Waals surface area contributed by atoms with E-state index in [0.29, 0.717) is 0 Å². The molecule has 0 atom stereocenters. The number of aryl methyl sites for hydroxylation is 1. The number of rotatable bonds is 4. The van der Waals surface area contributed by atoms with Crippen molar-refractivity contribution in [1.82, 2.24) is 9.78 Å². The van der Waals surface area contributed by atoms with E-state index in [9.17, 15) is 14.9 Å². The van der Waals surface area contributed by atoms with Crippen molar-refractivity contribution >= 4 is 17.4 Å². The Kier molecular flexibility index (Phi) is 2.65. The molecular formula is C6H9N5O3. The summed E-state index contributed by atoms with van der Waals surface area (Å²) in [5.41, 5.74) is 4.68. The lowest BCUT2D eigenvalue weighted by Crippen LogP contribution is -2.22. The van der Waals surface area contributed by atoms with E-state index >= 15 is 0 Å². The second kappa shape index (κ2) is 3.73. The summed E-state index contributed by atoms with van der Waals surface area (Å²) in [7, 11) is 1.54. The Morgan fingerprint density at radius 3 is 3.00 bits per heavy atom. The van der Waals surface area contributed by atoms with E-state index in [1.54, 1.807) is 7.05 Å². The molecule has 76 valence electrons. The molecule has 1 rings (SSSR count). The molecule has 0 unspecified atom stereocenters. The summed E-state index contributed by atoms with van der Waals surface area (Å²) in [5.74, 6) is -0.568. The molecule has 0 aliphatic carbocycles. The SMILES string of the molecule is Cn1cc([N+](=O)[O-])c(NCC(N)=O)n1. The predicted molar refractivity (Wildman–Crippen MR) is 47.5 cm³/mol. The molecule has 1 aromatic heterocycles. The molecule has 0 bridgehead atoms. The van der Waals surface area contributed by atoms with Gasteiger partial charge in [-0.05, 0) is 0 Å². The molecule has 14 heavy (non-hydrogen) atoms. The highest BCUT2D eigenvalue weighted by Crippen LogP contribution is 2.20. The molecule has 0 aromatic carbocycles. The van der Waals surface area contributed by atoms with Gasteiger partial charge < -0.3 is 11.1 Å². The summed E-state index contributed by atoms with van der Waals surface area (Å²) in [6.07, 6.45) is 1.24. The number of aromatic nitrogens is 2. The van der Waals surface area contributed by atoms with Crippen molar-refractivity contribution in [2.45, 2.75) is 0 Å². The van der Waals surface area contributed by atoms with E-state index in [-0.39, 0.29) is 18.1 Å². The summed E-state index contributed by atoms with van der Waals surface area (Å²) in [5, 5.41) is 16.7. The van der Waals surface area contributed by atoms with Crippen LogP contribution in [0.2, 0.25) is 0 Å². The van der Waals surface area contributed by atoms with Crippen molar-refractivity contribution in [3.05, 3.63) is 16.3 Å². The summed E-state index contributed by atoms with van der Waals surface area (Å²) in [6, 6.07) is 0. The molecule has 8 nitrogen and oxygen atoms in total. The van der Waals surface area contributed by atoms with Gasteiger partial charge in [0.25, 0.3) is 0 Å². The monoisotopic (exact) mass is 199 g/mol. The number of nitro groups is 1. The van der Waals surface area contributed by atoms with Crippen molar-refractivity contribution in [2.24, 2.45) is 12.8 Å². The first-order valence-electron chi connectivity index (χ1n) is 3.71. The molecule has 3 N–H and O–H groups in total. The first-order valence-corrected chi connectivity index (χ1v) is 3.71. The fourth-order valence-corrected chi connectivity index (χ4v) is 0.906. The predicted octanol–water partition coefficient (Wildman–Crippen LogP) is -0.774. The molecule has 0 saturated carbocycles. The Hall–Kier alpha value is -2.12. The van der Waals surface area contributed by atoms with Crippen LogP contribution in [-0.4, -0.2) is 27.2 Å². The fraction of sp³-hybridized carbons (Fsp3) is 0.333. The molecule has 1 amide bonds. The number of hydrogen-bond donors (Lipinski definition) is 2. The summed E-state index contributed by atoms with van der Waals surface area (Å²) >= 11 is 0. The molecule has 0 radical (unpaired) electrons. The Morgan fingerprint density at radius 2 is 2.50 bits per heavy atom. The standard InChI is InChI=1S/C6H9N5O3/c1-10-3-4(11(13)14)6(9-10)8-2-5(7)12/h3H,2H2,1H3,(H2,7,12)(H,8,9). The van der Waals surface area contributed by atoms with Crippen molar-refractivity contribution < 1.29 is 9.72 Å². The maximum atomic E-state index is 10.5. The molecule has 0 saturated heterocycles. The number of nitrogens with one attached hydrogen (secondary N) is 1. The number of nitrogens with zero attached hydrogens (tertiary/aromatic N) is 3. The van der Waals surface area contributed by atoms with Gasteiger partial charge in [0.1, 0.15) is 6.20 Å². The molecule has 1 aromatic rings. The Morgan fingerprint density at radius 1 is 1.86 bits per heavy atom. The van der Waals surface area contributed by atoms with Crippen LogP contribution >= 0.6 is 0 Å². The Balaban J connectivity index is 2.84. The van der Waals surface area contributed by atoms with Crippen LogP contribution in [0.5, 0.6) is 0 Å². The normalized spacial score (nSPS) is 9.79. The molecule has 0 spiro atoms. The second-order valence-electron chi connectivity index (χ2n) is 2.61. The average Bonchev–Trinajstić information content (AvgIpc) is 2.43. The van der Waals surface area contributed by atoms with Crippen molar-refractivity contribution in [3.8, 4) is 0 Å². The zero-order valence-corrected chi connectivity index (χ0v) is 7.43. The van der Waals surface area contributed by atoms with E-state index in [1.807, 2.05) is 0 Å². The minimum absolute atomic E-state index is 0.0382. The molecular weight excluding hydrogens is 190 g/mol. The molecule has 8 heteroatoms. The molecule has 0 fully saturated rings. The number of carbonyl (C=O) groups excluding carboxylic acids is 1. The lowest BCUT2D eigenvalue weighted by molar-refractivity contribution is -0.384. The van der Waals surface area contributed by atoms with Gasteiger partial charge in [0.05, 0.1) is 11.5 Å². The van der Waals surface area contributed by atoms with Gasteiger partial charge in [-0.3, -0.25) is 19.6 Å². The largest absolute Gasteiger partial charge is 0.368 e. The van der Waals surface area contributed by atoms with Crippen molar-refractivity contribution in [1.29, 1.82) is 0 Å². The highest BCUT2D eigenvalue weighted by molar-refractivity contribution is 5.79. The van der Waals surface area contributed by atoms with Crippen LogP contribution in [0.4, 0.5) is 11.5 Å². The number of nitrogens with two attached hydrogens (primary N) is 1. The van der Waals surface area contributed by atoms with Gasteiger partial charge in [0.2, 0.25) is 11.7 Å². The van der Waals surface area contributed by atoms with E-state index in [1.165, 1.54) is 10.9 Å². The van der Waals surface area contributed by atoms with Gasteiger partial charge in [0.15, 0.2) is 0 Å². The zero-order chi connectivity index (χ0) is 10.7. The summed E-state index contributed by atoms with van der Waals surface area (Å²) < 4.78 is 1.28. The minimum Gasteiger partial charge on any atom is -0.368 e. The third-order valence-corrected chi connectivity index (χ3v) is 1.44. The van der Waals surface area contributed by atoms with E-state index in [2.05, 4.69) is 10.4 Å². The van der Waals surface area contributed by atoms with E-state index < -0.39 is 10.8 Å². The molecule has 0 aliphatic heterocycles. The van der Waals surface area contributed by atoms with Crippen LogP contribution < -0.4 is 11.1 Å². The quantitative estimate of drug-likeness (QED) is 0.487. The third-order valence-electron chi connectivity index (χ3n) is 1.44. The van der Waals surface area contributed by atoms with Gasteiger partial charge in [-0.2, -0.15) is 0 Å². The van der Waals surface area contributed by atoms with Gasteiger partial charge in [0, 0.05) is 7.05 Å². The van der Waals surface area contributed by atoms with Crippen molar-refractivity contribution in [2.75, 3.05) is 11.9 Å². The van der Waals surface area contributed by atoms with E-state index in [0.717, 1.165) is 0 Å². The lowest BCUT2D eigenvalue weighted by atomic mass is 10.5. The smallest absolute Gasteiger partial charge is 0.330 e. The van der Waals surface area contributed by atoms with Crippen LogP contribution in [0.25, 0.3) is 0 Å². The van der Waals surface area contributed by atoms with Gasteiger partial charge >= 0.3 is 5.69 Å². The van der Waals surface area contributed by atoms with Crippen molar-refractivity contribution in [3.63, 3.8) is 0 Å². The lowest BCUT2D eigenvalue weighted by Gasteiger charge is -1.97. The minimum atomic E-state index is -0.607. The maximum absolute atomic E-state index is 10.5. The number of primary amides is 1. The third kappa shape index (κ3) is 2.19.